The third kappa shape index (κ3) is 2.33. The highest BCUT2D eigenvalue weighted by Crippen LogP contribution is 2.44. The van der Waals surface area contributed by atoms with Gasteiger partial charge in [0.05, 0.1) is 11.4 Å². The Morgan fingerprint density at radius 3 is 2.40 bits per heavy atom. The first-order valence-corrected chi connectivity index (χ1v) is 9.44. The minimum absolute atomic E-state index is 0.731. The molecule has 0 N–H and O–H groups in total. The summed E-state index contributed by atoms with van der Waals surface area (Å²) in [5.74, 6) is 0.731. The minimum Gasteiger partial charge on any atom is -0.247 e. The van der Waals surface area contributed by atoms with E-state index in [1.165, 1.54) is 64.3 Å². The topological polar surface area (TPSA) is 12.4 Å². The molecule has 5 rings (SSSR count). The van der Waals surface area contributed by atoms with E-state index in [1.54, 1.807) is 0 Å². The van der Waals surface area contributed by atoms with Crippen LogP contribution >= 0.6 is 0 Å². The molecule has 3 aromatic rings. The van der Waals surface area contributed by atoms with E-state index in [0.29, 0.717) is 0 Å². The zero-order valence-electron chi connectivity index (χ0n) is 15.0. The summed E-state index contributed by atoms with van der Waals surface area (Å²) >= 11 is 0. The largest absolute Gasteiger partial charge is 0.247 e. The summed E-state index contributed by atoms with van der Waals surface area (Å²) in [6.07, 6.45) is 5.42. The van der Waals surface area contributed by atoms with Crippen LogP contribution in [0.5, 0.6) is 0 Å². The summed E-state index contributed by atoms with van der Waals surface area (Å²) in [4.78, 5) is 5.03. The van der Waals surface area contributed by atoms with Crippen LogP contribution in [0.3, 0.4) is 0 Å². The molecule has 1 aliphatic heterocycles. The first-order chi connectivity index (χ1) is 12.2. The molecule has 1 fully saturated rings. The van der Waals surface area contributed by atoms with Gasteiger partial charge in [-0.3, -0.25) is 0 Å². The van der Waals surface area contributed by atoms with Gasteiger partial charge >= 0.3 is 0 Å². The lowest BCUT2D eigenvalue weighted by atomic mass is 9.89. The van der Waals surface area contributed by atoms with E-state index >= 15 is 0 Å². The lowest BCUT2D eigenvalue weighted by Gasteiger charge is -2.14. The van der Waals surface area contributed by atoms with E-state index in [0.717, 1.165) is 17.3 Å². The second kappa shape index (κ2) is 5.56. The van der Waals surface area contributed by atoms with Crippen LogP contribution in [0.25, 0.3) is 10.8 Å². The molecule has 1 saturated carbocycles. The fraction of sp³-hybridized carbons (Fsp3) is 0.292. The van der Waals surface area contributed by atoms with E-state index < -0.39 is 0 Å². The quantitative estimate of drug-likeness (QED) is 0.394. The predicted molar refractivity (Wildman–Crippen MR) is 106 cm³/mol. The SMILES string of the molecule is Cc1cc(C)cc(C2=Nc3ccc(C4CCCC4)c4cccc2c34)c1. The summed E-state index contributed by atoms with van der Waals surface area (Å²) in [6, 6.07) is 18.1. The van der Waals surface area contributed by atoms with Crippen LogP contribution in [0.15, 0.2) is 53.5 Å². The van der Waals surface area contributed by atoms with E-state index in [-0.39, 0.29) is 0 Å². The Morgan fingerprint density at radius 1 is 0.880 bits per heavy atom. The molecule has 0 aromatic heterocycles. The molecule has 0 bridgehead atoms. The van der Waals surface area contributed by atoms with Crippen molar-refractivity contribution < 1.29 is 0 Å². The molecule has 1 heterocycles. The first kappa shape index (κ1) is 14.9. The molecule has 0 amide bonds. The molecule has 0 atom stereocenters. The van der Waals surface area contributed by atoms with Gasteiger partial charge in [0, 0.05) is 16.5 Å². The maximum Gasteiger partial charge on any atom is 0.0789 e. The van der Waals surface area contributed by atoms with Gasteiger partial charge in [0.2, 0.25) is 0 Å². The highest BCUT2D eigenvalue weighted by atomic mass is 14.8. The average Bonchev–Trinajstić information content (AvgIpc) is 3.24. The van der Waals surface area contributed by atoms with Crippen LogP contribution in [0, 0.1) is 13.8 Å². The van der Waals surface area contributed by atoms with Crippen molar-refractivity contribution in [2.45, 2.75) is 45.4 Å². The second-order valence-electron chi connectivity index (χ2n) is 7.72. The van der Waals surface area contributed by atoms with Crippen LogP contribution in [-0.4, -0.2) is 5.71 Å². The summed E-state index contributed by atoms with van der Waals surface area (Å²) in [5, 5.41) is 2.78. The normalized spacial score (nSPS) is 16.6. The summed E-state index contributed by atoms with van der Waals surface area (Å²) < 4.78 is 0. The molecule has 1 heteroatoms. The van der Waals surface area contributed by atoms with Crippen molar-refractivity contribution in [1.29, 1.82) is 0 Å². The number of aliphatic imine (C=N–C) groups is 1. The van der Waals surface area contributed by atoms with Crippen LogP contribution in [0.1, 0.15) is 59.4 Å². The Balaban J connectivity index is 1.71. The van der Waals surface area contributed by atoms with Gasteiger partial charge in [-0.2, -0.15) is 0 Å². The fourth-order valence-corrected chi connectivity index (χ4v) is 4.81. The van der Waals surface area contributed by atoms with E-state index in [9.17, 15) is 0 Å². The van der Waals surface area contributed by atoms with Crippen LogP contribution in [0.2, 0.25) is 0 Å². The van der Waals surface area contributed by atoms with Crippen molar-refractivity contribution in [1.82, 2.24) is 0 Å². The standard InChI is InChI=1S/C24H23N/c1-15-12-16(2)14-18(13-15)24-21-9-5-8-20-19(17-6-3-4-7-17)10-11-22(25-24)23(20)21/h5,8-14,17H,3-4,6-7H2,1-2H3. The molecule has 124 valence electrons. The van der Waals surface area contributed by atoms with Crippen molar-refractivity contribution in [3.63, 3.8) is 0 Å². The smallest absolute Gasteiger partial charge is 0.0789 e. The van der Waals surface area contributed by atoms with Gasteiger partial charge in [-0.15, -0.1) is 0 Å². The minimum atomic E-state index is 0.731. The lowest BCUT2D eigenvalue weighted by Crippen LogP contribution is -2.02. The molecule has 0 spiro atoms. The Bertz CT molecular complexity index is 999. The van der Waals surface area contributed by atoms with Gasteiger partial charge in [-0.05, 0) is 61.8 Å². The Hall–Kier alpha value is -2.41. The first-order valence-electron chi connectivity index (χ1n) is 9.44. The van der Waals surface area contributed by atoms with E-state index in [1.807, 2.05) is 0 Å². The zero-order valence-corrected chi connectivity index (χ0v) is 15.0. The molecule has 0 unspecified atom stereocenters. The molecule has 0 radical (unpaired) electrons. The molecular formula is C24H23N. The number of hydrogen-bond acceptors (Lipinski definition) is 1. The molecule has 0 saturated heterocycles. The zero-order chi connectivity index (χ0) is 17.0. The van der Waals surface area contributed by atoms with Gasteiger partial charge in [-0.25, -0.2) is 4.99 Å². The summed E-state index contributed by atoms with van der Waals surface area (Å²) in [7, 11) is 0. The van der Waals surface area contributed by atoms with Crippen LogP contribution in [0.4, 0.5) is 5.69 Å². The lowest BCUT2D eigenvalue weighted by molar-refractivity contribution is 0.729. The van der Waals surface area contributed by atoms with Crippen molar-refractivity contribution in [2.24, 2.45) is 4.99 Å². The molecule has 1 nitrogen and oxygen atoms in total. The highest BCUT2D eigenvalue weighted by molar-refractivity contribution is 6.26. The van der Waals surface area contributed by atoms with E-state index in [2.05, 4.69) is 62.4 Å². The van der Waals surface area contributed by atoms with Crippen molar-refractivity contribution in [3.8, 4) is 0 Å². The van der Waals surface area contributed by atoms with Crippen LogP contribution in [-0.2, 0) is 0 Å². The van der Waals surface area contributed by atoms with Gasteiger partial charge in [-0.1, -0.05) is 54.3 Å². The fourth-order valence-electron chi connectivity index (χ4n) is 4.81. The molecule has 25 heavy (non-hydrogen) atoms. The molecule has 2 aliphatic rings. The van der Waals surface area contributed by atoms with Gasteiger partial charge in [0.15, 0.2) is 0 Å². The third-order valence-corrected chi connectivity index (χ3v) is 5.83. The molecule has 3 aromatic carbocycles. The monoisotopic (exact) mass is 325 g/mol. The Labute approximate surface area is 149 Å². The summed E-state index contributed by atoms with van der Waals surface area (Å²) in [6.45, 7) is 4.33. The van der Waals surface area contributed by atoms with Gasteiger partial charge < -0.3 is 0 Å². The average molecular weight is 325 g/mol. The third-order valence-electron chi connectivity index (χ3n) is 5.83. The Morgan fingerprint density at radius 2 is 1.64 bits per heavy atom. The van der Waals surface area contributed by atoms with E-state index in [4.69, 9.17) is 4.99 Å². The van der Waals surface area contributed by atoms with Gasteiger partial charge in [0.25, 0.3) is 0 Å². The Kier molecular flexibility index (Phi) is 3.31. The molecule has 1 aliphatic carbocycles. The van der Waals surface area contributed by atoms with Crippen molar-refractivity contribution >= 4 is 22.2 Å². The van der Waals surface area contributed by atoms with Crippen molar-refractivity contribution in [3.05, 3.63) is 76.3 Å². The predicted octanol–water partition coefficient (Wildman–Crippen LogP) is 6.60. The van der Waals surface area contributed by atoms with Gasteiger partial charge in [0.1, 0.15) is 0 Å². The maximum absolute atomic E-state index is 5.03. The van der Waals surface area contributed by atoms with Crippen molar-refractivity contribution in [2.75, 3.05) is 0 Å². The number of aryl methyl sites for hydroxylation is 2. The van der Waals surface area contributed by atoms with Crippen LogP contribution < -0.4 is 0 Å². The second-order valence-corrected chi connectivity index (χ2v) is 7.72. The maximum atomic E-state index is 5.03. The number of rotatable bonds is 2. The summed E-state index contributed by atoms with van der Waals surface area (Å²) in [5.41, 5.74) is 8.95. The number of nitrogens with zero attached hydrogens (tertiary/aromatic N) is 1. The number of hydrogen-bond donors (Lipinski definition) is 0. The molecular weight excluding hydrogens is 302 g/mol. The highest BCUT2D eigenvalue weighted by Gasteiger charge is 2.25. The number of benzene rings is 3.